The molecule has 1 nitrogen and oxygen atoms in total. The molecule has 0 aromatic rings. The first-order valence-electron chi connectivity index (χ1n) is 3.16. The molecule has 0 aliphatic heterocycles. The molecule has 0 spiro atoms. The summed E-state index contributed by atoms with van der Waals surface area (Å²) in [5.74, 6) is 0. The van der Waals surface area contributed by atoms with Crippen LogP contribution >= 0.6 is 0 Å². The SMILES string of the molecule is CC.CC(C)OC(F)(F)F. The highest BCUT2D eigenvalue weighted by Gasteiger charge is 2.30. The lowest BCUT2D eigenvalue weighted by atomic mass is 10.5. The summed E-state index contributed by atoms with van der Waals surface area (Å²) in [5, 5.41) is 0. The first kappa shape index (κ1) is 12.4. The third kappa shape index (κ3) is 15.7. The van der Waals surface area contributed by atoms with E-state index in [0.717, 1.165) is 0 Å². The van der Waals surface area contributed by atoms with Gasteiger partial charge in [-0.05, 0) is 13.8 Å². The highest BCUT2D eigenvalue weighted by atomic mass is 19.4. The quantitative estimate of drug-likeness (QED) is 0.570. The van der Waals surface area contributed by atoms with Gasteiger partial charge in [0.1, 0.15) is 0 Å². The minimum Gasteiger partial charge on any atom is -0.289 e. The molecule has 0 rings (SSSR count). The molecule has 0 amide bonds. The Morgan fingerprint density at radius 1 is 1.10 bits per heavy atom. The summed E-state index contributed by atoms with van der Waals surface area (Å²) in [6, 6.07) is 0. The van der Waals surface area contributed by atoms with Gasteiger partial charge in [0.2, 0.25) is 0 Å². The molecule has 0 bridgehead atoms. The first-order chi connectivity index (χ1) is 4.42. The molecule has 0 fully saturated rings. The summed E-state index contributed by atoms with van der Waals surface area (Å²) in [7, 11) is 0. The summed E-state index contributed by atoms with van der Waals surface area (Å²) < 4.78 is 36.7. The molecular weight excluding hydrogens is 145 g/mol. The molecular formula is C6H13F3O. The van der Waals surface area contributed by atoms with Gasteiger partial charge >= 0.3 is 6.36 Å². The van der Waals surface area contributed by atoms with Crippen LogP contribution in [-0.2, 0) is 4.74 Å². The highest BCUT2D eigenvalue weighted by Crippen LogP contribution is 2.17. The molecule has 0 aliphatic rings. The number of hydrogen-bond donors (Lipinski definition) is 0. The van der Waals surface area contributed by atoms with Crippen LogP contribution in [0.2, 0.25) is 0 Å². The second-order valence-corrected chi connectivity index (χ2v) is 1.61. The third-order valence-corrected chi connectivity index (χ3v) is 0.369. The van der Waals surface area contributed by atoms with Crippen LogP contribution in [0.25, 0.3) is 0 Å². The Balaban J connectivity index is 0. The lowest BCUT2D eigenvalue weighted by Crippen LogP contribution is -2.18. The van der Waals surface area contributed by atoms with Crippen LogP contribution in [0, 0.1) is 0 Å². The van der Waals surface area contributed by atoms with E-state index in [1.165, 1.54) is 13.8 Å². The summed E-state index contributed by atoms with van der Waals surface area (Å²) in [6.07, 6.45) is -5.26. The fraction of sp³-hybridized carbons (Fsp3) is 1.00. The molecule has 0 unspecified atom stereocenters. The van der Waals surface area contributed by atoms with Crippen molar-refractivity contribution < 1.29 is 17.9 Å². The molecule has 64 valence electrons. The second kappa shape index (κ2) is 5.53. The minimum atomic E-state index is -4.48. The van der Waals surface area contributed by atoms with Gasteiger partial charge in [0, 0.05) is 0 Å². The van der Waals surface area contributed by atoms with E-state index in [1.54, 1.807) is 0 Å². The van der Waals surface area contributed by atoms with E-state index in [9.17, 15) is 13.2 Å². The molecule has 0 aromatic heterocycles. The van der Waals surface area contributed by atoms with Crippen LogP contribution in [0.4, 0.5) is 13.2 Å². The Labute approximate surface area is 59.2 Å². The maximum Gasteiger partial charge on any atom is 0.522 e. The van der Waals surface area contributed by atoms with Crippen molar-refractivity contribution in [2.45, 2.75) is 40.2 Å². The van der Waals surface area contributed by atoms with Crippen LogP contribution < -0.4 is 0 Å². The van der Waals surface area contributed by atoms with Gasteiger partial charge in [0.15, 0.2) is 0 Å². The van der Waals surface area contributed by atoms with Crippen molar-refractivity contribution in [3.63, 3.8) is 0 Å². The Hall–Kier alpha value is -0.250. The lowest BCUT2D eigenvalue weighted by Gasteiger charge is -2.08. The van der Waals surface area contributed by atoms with E-state index in [4.69, 9.17) is 0 Å². The molecule has 10 heavy (non-hydrogen) atoms. The largest absolute Gasteiger partial charge is 0.522 e. The van der Waals surface area contributed by atoms with Crippen LogP contribution in [0.3, 0.4) is 0 Å². The molecule has 0 aliphatic carbocycles. The lowest BCUT2D eigenvalue weighted by molar-refractivity contribution is -0.337. The van der Waals surface area contributed by atoms with Gasteiger partial charge < -0.3 is 0 Å². The highest BCUT2D eigenvalue weighted by molar-refractivity contribution is 4.36. The van der Waals surface area contributed by atoms with Crippen LogP contribution in [0.1, 0.15) is 27.7 Å². The van der Waals surface area contributed by atoms with E-state index in [2.05, 4.69) is 4.74 Å². The van der Waals surface area contributed by atoms with Crippen molar-refractivity contribution >= 4 is 0 Å². The minimum absolute atomic E-state index is 0.782. The molecule has 0 saturated carbocycles. The van der Waals surface area contributed by atoms with Crippen molar-refractivity contribution in [2.24, 2.45) is 0 Å². The predicted molar refractivity (Wildman–Crippen MR) is 33.6 cm³/mol. The van der Waals surface area contributed by atoms with Crippen molar-refractivity contribution in [1.29, 1.82) is 0 Å². The van der Waals surface area contributed by atoms with Crippen LogP contribution in [0.15, 0.2) is 0 Å². The molecule has 0 aromatic carbocycles. The van der Waals surface area contributed by atoms with Gasteiger partial charge in [0.25, 0.3) is 0 Å². The van der Waals surface area contributed by atoms with E-state index >= 15 is 0 Å². The van der Waals surface area contributed by atoms with Crippen molar-refractivity contribution in [3.05, 3.63) is 0 Å². The third-order valence-electron chi connectivity index (χ3n) is 0.369. The van der Waals surface area contributed by atoms with E-state index in [1.807, 2.05) is 13.8 Å². The molecule has 0 heterocycles. The summed E-state index contributed by atoms with van der Waals surface area (Å²) in [5.41, 5.74) is 0. The second-order valence-electron chi connectivity index (χ2n) is 1.61. The Morgan fingerprint density at radius 3 is 1.40 bits per heavy atom. The fourth-order valence-corrected chi connectivity index (χ4v) is 0.267. The average molecular weight is 158 g/mol. The smallest absolute Gasteiger partial charge is 0.289 e. The maximum atomic E-state index is 11.1. The monoisotopic (exact) mass is 158 g/mol. The normalized spacial score (nSPS) is 10.8. The van der Waals surface area contributed by atoms with E-state index in [0.29, 0.717) is 0 Å². The van der Waals surface area contributed by atoms with Crippen LogP contribution in [0.5, 0.6) is 0 Å². The van der Waals surface area contributed by atoms with E-state index in [-0.39, 0.29) is 0 Å². The Bertz CT molecular complexity index is 67.9. The van der Waals surface area contributed by atoms with Gasteiger partial charge in [-0.25, -0.2) is 0 Å². The number of rotatable bonds is 1. The summed E-state index contributed by atoms with van der Waals surface area (Å²) in [6.45, 7) is 6.65. The topological polar surface area (TPSA) is 9.23 Å². The fourth-order valence-electron chi connectivity index (χ4n) is 0.267. The Morgan fingerprint density at radius 2 is 1.40 bits per heavy atom. The zero-order chi connectivity index (χ0) is 8.78. The standard InChI is InChI=1S/C4H7F3O.C2H6/c1-3(2)8-4(5,6)7;1-2/h3H,1-2H3;1-2H3. The van der Waals surface area contributed by atoms with Gasteiger partial charge in [-0.15, -0.1) is 13.2 Å². The first-order valence-corrected chi connectivity index (χ1v) is 3.16. The average Bonchev–Trinajstić information content (AvgIpc) is 1.64. The zero-order valence-electron chi connectivity index (χ0n) is 6.62. The molecule has 0 atom stereocenters. The predicted octanol–water partition coefficient (Wildman–Crippen LogP) is 2.96. The van der Waals surface area contributed by atoms with Gasteiger partial charge in [-0.1, -0.05) is 13.8 Å². The Kier molecular flexibility index (Phi) is 6.87. The number of ether oxygens (including phenoxy) is 1. The van der Waals surface area contributed by atoms with Crippen molar-refractivity contribution in [1.82, 2.24) is 0 Å². The molecule has 0 radical (unpaired) electrons. The summed E-state index contributed by atoms with van der Waals surface area (Å²) >= 11 is 0. The number of halogens is 3. The van der Waals surface area contributed by atoms with Gasteiger partial charge in [0.05, 0.1) is 6.10 Å². The molecule has 0 saturated heterocycles. The van der Waals surface area contributed by atoms with Crippen LogP contribution in [-0.4, -0.2) is 12.5 Å². The maximum absolute atomic E-state index is 11.1. The summed E-state index contributed by atoms with van der Waals surface area (Å²) in [4.78, 5) is 0. The molecule has 4 heteroatoms. The molecule has 0 N–H and O–H groups in total. The zero-order valence-corrected chi connectivity index (χ0v) is 6.62. The van der Waals surface area contributed by atoms with E-state index < -0.39 is 12.5 Å². The van der Waals surface area contributed by atoms with Gasteiger partial charge in [-0.3, -0.25) is 4.74 Å². The van der Waals surface area contributed by atoms with Gasteiger partial charge in [-0.2, -0.15) is 0 Å². The number of hydrogen-bond acceptors (Lipinski definition) is 1. The van der Waals surface area contributed by atoms with Crippen molar-refractivity contribution in [3.8, 4) is 0 Å². The number of alkyl halides is 3. The van der Waals surface area contributed by atoms with Crippen molar-refractivity contribution in [2.75, 3.05) is 0 Å².